The molecule has 0 saturated heterocycles. The van der Waals surface area contributed by atoms with E-state index in [0.29, 0.717) is 5.92 Å². The minimum absolute atomic E-state index is 0.533. The van der Waals surface area contributed by atoms with Crippen LogP contribution in [-0.2, 0) is 0 Å². The molecule has 0 saturated carbocycles. The van der Waals surface area contributed by atoms with Crippen LogP contribution in [0.1, 0.15) is 37.8 Å². The molecule has 0 fully saturated rings. The lowest BCUT2D eigenvalue weighted by molar-refractivity contribution is 0.833. The average molecular weight is 428 g/mol. The fraction of sp³-hybridized carbons (Fsp3) is 0.238. The van der Waals surface area contributed by atoms with Crippen molar-refractivity contribution in [2.45, 2.75) is 26.7 Å². The van der Waals surface area contributed by atoms with Gasteiger partial charge in [0.2, 0.25) is 4.80 Å². The third kappa shape index (κ3) is 4.40. The first-order chi connectivity index (χ1) is 12.6. The van der Waals surface area contributed by atoms with Crippen LogP contribution in [0, 0.1) is 0 Å². The van der Waals surface area contributed by atoms with Gasteiger partial charge in [0.25, 0.3) is 0 Å². The van der Waals surface area contributed by atoms with Gasteiger partial charge in [-0.25, -0.2) is 4.68 Å². The first-order valence-corrected chi connectivity index (χ1v) is 10.4. The zero-order chi connectivity index (χ0) is 18.5. The first-order valence-electron chi connectivity index (χ1n) is 8.69. The summed E-state index contributed by atoms with van der Waals surface area (Å²) >= 11 is 5.16. The van der Waals surface area contributed by atoms with Crippen LogP contribution in [0.2, 0.25) is 0 Å². The van der Waals surface area contributed by atoms with Crippen molar-refractivity contribution in [3.63, 3.8) is 0 Å². The van der Waals surface area contributed by atoms with Gasteiger partial charge in [0.1, 0.15) is 0 Å². The summed E-state index contributed by atoms with van der Waals surface area (Å²) in [5, 5.41) is 6.84. The standard InChI is InChI=1S/C21H22BrN3S/c1-4-23-21-25(20(14-26-21)18-6-5-7-19(22)12-18)24-13-16-8-10-17(11-9-16)15(2)3/h5-15H,4H2,1-3H3. The maximum absolute atomic E-state index is 4.73. The number of hydrogen-bond acceptors (Lipinski definition) is 3. The Morgan fingerprint density at radius 1 is 1.15 bits per heavy atom. The molecule has 0 aliphatic heterocycles. The van der Waals surface area contributed by atoms with Crippen molar-refractivity contribution in [2.75, 3.05) is 6.54 Å². The molecule has 5 heteroatoms. The molecule has 1 heterocycles. The highest BCUT2D eigenvalue weighted by Crippen LogP contribution is 2.23. The van der Waals surface area contributed by atoms with E-state index >= 15 is 0 Å². The van der Waals surface area contributed by atoms with Crippen molar-refractivity contribution in [1.82, 2.24) is 4.68 Å². The van der Waals surface area contributed by atoms with Gasteiger partial charge in [0, 0.05) is 22.0 Å². The van der Waals surface area contributed by atoms with E-state index in [9.17, 15) is 0 Å². The number of benzene rings is 2. The van der Waals surface area contributed by atoms with Crippen LogP contribution < -0.4 is 4.80 Å². The van der Waals surface area contributed by atoms with Gasteiger partial charge in [-0.15, -0.1) is 11.3 Å². The lowest BCUT2D eigenvalue weighted by atomic mass is 10.0. The second-order valence-corrected chi connectivity index (χ2v) is 8.02. The molecule has 0 radical (unpaired) electrons. The summed E-state index contributed by atoms with van der Waals surface area (Å²) in [6, 6.07) is 16.8. The van der Waals surface area contributed by atoms with E-state index in [1.807, 2.05) is 29.9 Å². The van der Waals surface area contributed by atoms with Gasteiger partial charge < -0.3 is 0 Å². The Morgan fingerprint density at radius 3 is 2.58 bits per heavy atom. The second kappa shape index (κ2) is 8.60. The normalized spacial score (nSPS) is 12.4. The number of thiazole rings is 1. The zero-order valence-electron chi connectivity index (χ0n) is 15.2. The van der Waals surface area contributed by atoms with Crippen molar-refractivity contribution >= 4 is 33.5 Å². The van der Waals surface area contributed by atoms with Gasteiger partial charge in [-0.2, -0.15) is 5.10 Å². The quantitative estimate of drug-likeness (QED) is 0.453. The predicted octanol–water partition coefficient (Wildman–Crippen LogP) is 5.91. The van der Waals surface area contributed by atoms with Crippen molar-refractivity contribution in [1.29, 1.82) is 0 Å². The van der Waals surface area contributed by atoms with Gasteiger partial charge in [0.05, 0.1) is 11.9 Å². The molecule has 0 N–H and O–H groups in total. The number of hydrogen-bond donors (Lipinski definition) is 0. The molecule has 2 aromatic carbocycles. The molecule has 134 valence electrons. The van der Waals surface area contributed by atoms with Crippen LogP contribution in [0.4, 0.5) is 0 Å². The van der Waals surface area contributed by atoms with E-state index in [0.717, 1.165) is 32.6 Å². The molecule has 0 bridgehead atoms. The van der Waals surface area contributed by atoms with Gasteiger partial charge in [-0.05, 0) is 36.1 Å². The monoisotopic (exact) mass is 427 g/mol. The third-order valence-electron chi connectivity index (χ3n) is 4.02. The zero-order valence-corrected chi connectivity index (χ0v) is 17.6. The highest BCUT2D eigenvalue weighted by atomic mass is 79.9. The summed E-state index contributed by atoms with van der Waals surface area (Å²) < 4.78 is 2.97. The Morgan fingerprint density at radius 2 is 1.92 bits per heavy atom. The number of aromatic nitrogens is 1. The number of rotatable bonds is 5. The molecule has 0 spiro atoms. The van der Waals surface area contributed by atoms with E-state index in [1.54, 1.807) is 11.3 Å². The van der Waals surface area contributed by atoms with Crippen LogP contribution >= 0.6 is 27.3 Å². The van der Waals surface area contributed by atoms with Gasteiger partial charge in [0.15, 0.2) is 0 Å². The Balaban J connectivity index is 2.00. The molecule has 0 amide bonds. The van der Waals surface area contributed by atoms with Crippen molar-refractivity contribution in [2.24, 2.45) is 10.1 Å². The van der Waals surface area contributed by atoms with E-state index in [4.69, 9.17) is 5.10 Å². The third-order valence-corrected chi connectivity index (χ3v) is 5.37. The smallest absolute Gasteiger partial charge is 0.206 e. The Kier molecular flexibility index (Phi) is 6.22. The molecular formula is C21H22BrN3S. The molecule has 0 aliphatic rings. The van der Waals surface area contributed by atoms with E-state index in [2.05, 4.69) is 76.5 Å². The maximum Gasteiger partial charge on any atom is 0.206 e. The minimum Gasteiger partial charge on any atom is -0.258 e. The van der Waals surface area contributed by atoms with E-state index in [1.165, 1.54) is 5.56 Å². The summed E-state index contributed by atoms with van der Waals surface area (Å²) in [5.74, 6) is 0.533. The molecule has 3 aromatic rings. The molecule has 0 atom stereocenters. The molecule has 3 nitrogen and oxygen atoms in total. The molecular weight excluding hydrogens is 406 g/mol. The summed E-state index contributed by atoms with van der Waals surface area (Å²) in [6.07, 6.45) is 1.90. The first kappa shape index (κ1) is 18.8. The molecule has 26 heavy (non-hydrogen) atoms. The van der Waals surface area contributed by atoms with Gasteiger partial charge in [-0.1, -0.05) is 66.2 Å². The summed E-state index contributed by atoms with van der Waals surface area (Å²) in [5.41, 5.74) is 4.57. The van der Waals surface area contributed by atoms with Gasteiger partial charge in [-0.3, -0.25) is 4.99 Å². The molecule has 0 aliphatic carbocycles. The van der Waals surface area contributed by atoms with Crippen LogP contribution in [-0.4, -0.2) is 17.4 Å². The Hall–Kier alpha value is -1.98. The lowest BCUT2D eigenvalue weighted by Crippen LogP contribution is -2.12. The topological polar surface area (TPSA) is 29.6 Å². The molecule has 3 rings (SSSR count). The average Bonchev–Trinajstić information content (AvgIpc) is 3.03. The highest BCUT2D eigenvalue weighted by Gasteiger charge is 2.07. The van der Waals surface area contributed by atoms with Crippen LogP contribution in [0.15, 0.2) is 68.5 Å². The summed E-state index contributed by atoms with van der Waals surface area (Å²) in [7, 11) is 0. The fourth-order valence-electron chi connectivity index (χ4n) is 2.59. The SMILES string of the molecule is CCN=c1scc(-c2cccc(Br)c2)n1N=Cc1ccc(C(C)C)cc1. The summed E-state index contributed by atoms with van der Waals surface area (Å²) in [4.78, 5) is 5.48. The maximum atomic E-state index is 4.73. The van der Waals surface area contributed by atoms with E-state index < -0.39 is 0 Å². The number of nitrogens with zero attached hydrogens (tertiary/aromatic N) is 3. The predicted molar refractivity (Wildman–Crippen MR) is 115 cm³/mol. The minimum atomic E-state index is 0.533. The Labute approximate surface area is 166 Å². The van der Waals surface area contributed by atoms with Gasteiger partial charge >= 0.3 is 0 Å². The second-order valence-electron chi connectivity index (χ2n) is 6.27. The van der Waals surface area contributed by atoms with Crippen molar-refractivity contribution < 1.29 is 0 Å². The lowest BCUT2D eigenvalue weighted by Gasteiger charge is -2.06. The molecule has 1 aromatic heterocycles. The number of halogens is 1. The van der Waals surface area contributed by atoms with Crippen LogP contribution in [0.5, 0.6) is 0 Å². The van der Waals surface area contributed by atoms with Crippen LogP contribution in [0.25, 0.3) is 11.3 Å². The largest absolute Gasteiger partial charge is 0.258 e. The fourth-order valence-corrected chi connectivity index (χ4v) is 3.89. The van der Waals surface area contributed by atoms with Crippen molar-refractivity contribution in [3.8, 4) is 11.3 Å². The Bertz CT molecular complexity index is 965. The molecule has 0 unspecified atom stereocenters. The summed E-state index contributed by atoms with van der Waals surface area (Å²) in [6.45, 7) is 7.18. The van der Waals surface area contributed by atoms with Crippen LogP contribution in [0.3, 0.4) is 0 Å². The van der Waals surface area contributed by atoms with Crippen molar-refractivity contribution in [3.05, 3.63) is 74.3 Å². The van der Waals surface area contributed by atoms with E-state index in [-0.39, 0.29) is 0 Å². The highest BCUT2D eigenvalue weighted by molar-refractivity contribution is 9.10.